The minimum atomic E-state index is -0.380. The molecule has 1 unspecified atom stereocenters. The summed E-state index contributed by atoms with van der Waals surface area (Å²) in [5.41, 5.74) is 3.06. The van der Waals surface area contributed by atoms with Crippen molar-refractivity contribution in [2.24, 2.45) is 0 Å². The number of thiocarbonyl (C=S) groups is 1. The Hall–Kier alpha value is -2.86. The molecule has 3 rings (SSSR count). The monoisotopic (exact) mass is 368 g/mol. The molecule has 6 heteroatoms. The lowest BCUT2D eigenvalue weighted by Gasteiger charge is -2.29. The van der Waals surface area contributed by atoms with E-state index in [4.69, 9.17) is 21.7 Å². The van der Waals surface area contributed by atoms with Crippen molar-refractivity contribution in [2.75, 3.05) is 7.11 Å². The Kier molecular flexibility index (Phi) is 5.53. The van der Waals surface area contributed by atoms with Crippen LogP contribution in [-0.2, 0) is 16.1 Å². The van der Waals surface area contributed by atoms with Gasteiger partial charge in [0.2, 0.25) is 0 Å². The van der Waals surface area contributed by atoms with Gasteiger partial charge in [-0.1, -0.05) is 42.5 Å². The van der Waals surface area contributed by atoms with Gasteiger partial charge in [0.1, 0.15) is 12.4 Å². The van der Waals surface area contributed by atoms with Crippen LogP contribution in [0.25, 0.3) is 0 Å². The molecule has 5 nitrogen and oxygen atoms in total. The largest absolute Gasteiger partial charge is 0.497 e. The fourth-order valence-corrected chi connectivity index (χ4v) is 3.08. The summed E-state index contributed by atoms with van der Waals surface area (Å²) >= 11 is 5.24. The van der Waals surface area contributed by atoms with Gasteiger partial charge >= 0.3 is 5.97 Å². The van der Waals surface area contributed by atoms with Crippen molar-refractivity contribution in [1.82, 2.24) is 10.6 Å². The molecule has 134 valence electrons. The minimum Gasteiger partial charge on any atom is -0.497 e. The van der Waals surface area contributed by atoms with E-state index >= 15 is 0 Å². The SMILES string of the molecule is COc1ccc(COC(=O)C2=C(C)NC(=S)NC2c2ccccc2)cc1. The quantitative estimate of drug-likeness (QED) is 0.624. The highest BCUT2D eigenvalue weighted by Gasteiger charge is 2.30. The maximum atomic E-state index is 12.8. The maximum absolute atomic E-state index is 12.8. The fourth-order valence-electron chi connectivity index (χ4n) is 2.81. The molecular formula is C20H20N2O3S. The molecule has 0 spiro atoms. The number of carbonyl (C=O) groups is 1. The molecule has 1 aliphatic heterocycles. The summed E-state index contributed by atoms with van der Waals surface area (Å²) in [6.07, 6.45) is 0. The van der Waals surface area contributed by atoms with E-state index in [9.17, 15) is 4.79 Å². The number of hydrogen-bond donors (Lipinski definition) is 2. The molecule has 1 heterocycles. The number of carbonyl (C=O) groups excluding carboxylic acids is 1. The maximum Gasteiger partial charge on any atom is 0.338 e. The van der Waals surface area contributed by atoms with E-state index in [0.29, 0.717) is 16.4 Å². The van der Waals surface area contributed by atoms with Crippen LogP contribution in [0.15, 0.2) is 65.9 Å². The second-order valence-electron chi connectivity index (χ2n) is 5.91. The van der Waals surface area contributed by atoms with Crippen molar-refractivity contribution in [2.45, 2.75) is 19.6 Å². The second kappa shape index (κ2) is 8.01. The van der Waals surface area contributed by atoms with Gasteiger partial charge in [0.05, 0.1) is 18.7 Å². The third kappa shape index (κ3) is 4.03. The van der Waals surface area contributed by atoms with Gasteiger partial charge in [-0.15, -0.1) is 0 Å². The lowest BCUT2D eigenvalue weighted by molar-refractivity contribution is -0.140. The Labute approximate surface area is 158 Å². The zero-order valence-electron chi connectivity index (χ0n) is 14.6. The summed E-state index contributed by atoms with van der Waals surface area (Å²) in [6, 6.07) is 16.8. The van der Waals surface area contributed by atoms with Crippen LogP contribution in [0.5, 0.6) is 5.75 Å². The third-order valence-corrected chi connectivity index (χ3v) is 4.37. The molecule has 0 fully saturated rings. The molecule has 0 amide bonds. The zero-order chi connectivity index (χ0) is 18.5. The summed E-state index contributed by atoms with van der Waals surface area (Å²) in [6.45, 7) is 2.01. The lowest BCUT2D eigenvalue weighted by atomic mass is 9.96. The van der Waals surface area contributed by atoms with Gasteiger partial charge in [-0.25, -0.2) is 4.79 Å². The van der Waals surface area contributed by atoms with Gasteiger partial charge in [0, 0.05) is 5.70 Å². The summed E-state index contributed by atoms with van der Waals surface area (Å²) in [5, 5.41) is 6.65. The number of esters is 1. The predicted molar refractivity (Wildman–Crippen MR) is 104 cm³/mol. The Morgan fingerprint density at radius 3 is 2.46 bits per heavy atom. The first kappa shape index (κ1) is 17.9. The molecule has 1 atom stereocenters. The molecule has 2 aromatic rings. The summed E-state index contributed by atoms with van der Waals surface area (Å²) in [5.74, 6) is 0.381. The molecular weight excluding hydrogens is 348 g/mol. The summed E-state index contributed by atoms with van der Waals surface area (Å²) in [7, 11) is 1.61. The molecule has 0 bridgehead atoms. The third-order valence-electron chi connectivity index (χ3n) is 4.15. The molecule has 0 radical (unpaired) electrons. The van der Waals surface area contributed by atoms with Crippen LogP contribution in [0.4, 0.5) is 0 Å². The van der Waals surface area contributed by atoms with Crippen LogP contribution >= 0.6 is 12.2 Å². The number of rotatable bonds is 5. The van der Waals surface area contributed by atoms with Crippen LogP contribution in [0.3, 0.4) is 0 Å². The van der Waals surface area contributed by atoms with Crippen molar-refractivity contribution >= 4 is 23.3 Å². The van der Waals surface area contributed by atoms with Crippen LogP contribution in [0.1, 0.15) is 24.1 Å². The van der Waals surface area contributed by atoms with E-state index in [-0.39, 0.29) is 18.6 Å². The fraction of sp³-hybridized carbons (Fsp3) is 0.200. The highest BCUT2D eigenvalue weighted by Crippen LogP contribution is 2.27. The first-order valence-electron chi connectivity index (χ1n) is 8.22. The van der Waals surface area contributed by atoms with Gasteiger partial charge in [-0.05, 0) is 42.4 Å². The number of allylic oxidation sites excluding steroid dienone is 1. The predicted octanol–water partition coefficient (Wildman–Crippen LogP) is 3.23. The number of nitrogens with one attached hydrogen (secondary N) is 2. The van der Waals surface area contributed by atoms with Gasteiger partial charge in [-0.3, -0.25) is 0 Å². The first-order chi connectivity index (χ1) is 12.6. The molecule has 2 aromatic carbocycles. The Morgan fingerprint density at radius 1 is 1.12 bits per heavy atom. The highest BCUT2D eigenvalue weighted by atomic mass is 32.1. The topological polar surface area (TPSA) is 59.6 Å². The Balaban J connectivity index is 1.78. The number of benzene rings is 2. The summed E-state index contributed by atoms with van der Waals surface area (Å²) < 4.78 is 10.7. The Morgan fingerprint density at radius 2 is 1.81 bits per heavy atom. The van der Waals surface area contributed by atoms with E-state index in [0.717, 1.165) is 16.9 Å². The molecule has 0 saturated carbocycles. The van der Waals surface area contributed by atoms with E-state index in [2.05, 4.69) is 10.6 Å². The number of hydrogen-bond acceptors (Lipinski definition) is 4. The lowest BCUT2D eigenvalue weighted by Crippen LogP contribution is -2.45. The van der Waals surface area contributed by atoms with Gasteiger partial charge in [-0.2, -0.15) is 0 Å². The van der Waals surface area contributed by atoms with Crippen molar-refractivity contribution in [3.8, 4) is 5.75 Å². The van der Waals surface area contributed by atoms with Crippen LogP contribution in [0, 0.1) is 0 Å². The normalized spacial score (nSPS) is 16.5. The van der Waals surface area contributed by atoms with E-state index in [1.165, 1.54) is 0 Å². The second-order valence-corrected chi connectivity index (χ2v) is 6.31. The van der Waals surface area contributed by atoms with Gasteiger partial charge in [0.15, 0.2) is 5.11 Å². The molecule has 0 aliphatic carbocycles. The minimum absolute atomic E-state index is 0.186. The van der Waals surface area contributed by atoms with E-state index in [1.54, 1.807) is 7.11 Å². The molecule has 0 saturated heterocycles. The van der Waals surface area contributed by atoms with Crippen molar-refractivity contribution in [1.29, 1.82) is 0 Å². The van der Waals surface area contributed by atoms with E-state index < -0.39 is 0 Å². The summed E-state index contributed by atoms with van der Waals surface area (Å²) in [4.78, 5) is 12.8. The van der Waals surface area contributed by atoms with Crippen molar-refractivity contribution < 1.29 is 14.3 Å². The molecule has 26 heavy (non-hydrogen) atoms. The average Bonchev–Trinajstić information content (AvgIpc) is 2.66. The van der Waals surface area contributed by atoms with Gasteiger partial charge in [0.25, 0.3) is 0 Å². The van der Waals surface area contributed by atoms with Crippen LogP contribution in [0.2, 0.25) is 0 Å². The zero-order valence-corrected chi connectivity index (χ0v) is 15.4. The standard InChI is InChI=1S/C20H20N2O3S/c1-13-17(18(22-20(26)21-13)15-6-4-3-5-7-15)19(23)25-12-14-8-10-16(24-2)11-9-14/h3-11,18H,12H2,1-2H3,(H2,21,22,26). The van der Waals surface area contributed by atoms with Crippen LogP contribution < -0.4 is 15.4 Å². The Bertz CT molecular complexity index is 832. The smallest absolute Gasteiger partial charge is 0.338 e. The molecule has 2 N–H and O–H groups in total. The molecule has 0 aromatic heterocycles. The van der Waals surface area contributed by atoms with Crippen LogP contribution in [-0.4, -0.2) is 18.2 Å². The van der Waals surface area contributed by atoms with Gasteiger partial charge < -0.3 is 20.1 Å². The first-order valence-corrected chi connectivity index (χ1v) is 8.62. The molecule has 1 aliphatic rings. The van der Waals surface area contributed by atoms with Crippen molar-refractivity contribution in [3.63, 3.8) is 0 Å². The van der Waals surface area contributed by atoms with E-state index in [1.807, 2.05) is 61.5 Å². The highest BCUT2D eigenvalue weighted by molar-refractivity contribution is 7.80. The van der Waals surface area contributed by atoms with Crippen molar-refractivity contribution in [3.05, 3.63) is 77.0 Å². The average molecular weight is 368 g/mol. The number of methoxy groups -OCH3 is 1. The number of ether oxygens (including phenoxy) is 2.